The third-order valence-electron chi connectivity index (χ3n) is 5.69. The van der Waals surface area contributed by atoms with Gasteiger partial charge in [-0.2, -0.15) is 0 Å². The zero-order valence-electron chi connectivity index (χ0n) is 15.4. The molecule has 1 saturated carbocycles. The van der Waals surface area contributed by atoms with Crippen LogP contribution in [0.2, 0.25) is 10.0 Å². The van der Waals surface area contributed by atoms with Gasteiger partial charge in [-0.3, -0.25) is 4.57 Å². The summed E-state index contributed by atoms with van der Waals surface area (Å²) in [5, 5.41) is 34.5. The smallest absolute Gasteiger partial charge is 0.206 e. The average molecular weight is 430 g/mol. The molecule has 4 atom stereocenters. The number of nitrogens with one attached hydrogen (secondary N) is 1. The second kappa shape index (κ2) is 8.34. The van der Waals surface area contributed by atoms with Crippen LogP contribution >= 0.6 is 23.2 Å². The summed E-state index contributed by atoms with van der Waals surface area (Å²) in [6.07, 6.45) is 2.69. The van der Waals surface area contributed by atoms with Crippen molar-refractivity contribution >= 4 is 40.2 Å². The van der Waals surface area contributed by atoms with E-state index in [0.29, 0.717) is 27.0 Å². The normalized spacial score (nSPS) is 29.3. The van der Waals surface area contributed by atoms with Gasteiger partial charge in [0.25, 0.3) is 0 Å². The molecule has 7 nitrogen and oxygen atoms in total. The molecule has 154 valence electrons. The molecular weight excluding hydrogens is 405 g/mol. The lowest BCUT2D eigenvalue weighted by atomic mass is 10.1. The first-order chi connectivity index (χ1) is 13.5. The molecule has 4 rings (SSSR count). The number of aliphatic hydroxyl groups is 3. The lowest BCUT2D eigenvalue weighted by molar-refractivity contribution is -0.0499. The van der Waals surface area contributed by atoms with Crippen molar-refractivity contribution in [1.29, 1.82) is 0 Å². The van der Waals surface area contributed by atoms with Gasteiger partial charge in [0.2, 0.25) is 5.95 Å². The minimum atomic E-state index is -1.21. The molecule has 0 spiro atoms. The van der Waals surface area contributed by atoms with Crippen LogP contribution < -0.4 is 5.32 Å². The van der Waals surface area contributed by atoms with Gasteiger partial charge in [0.05, 0.1) is 27.7 Å². The summed E-state index contributed by atoms with van der Waals surface area (Å²) < 4.78 is 7.48. The minimum absolute atomic E-state index is 0.265. The van der Waals surface area contributed by atoms with Crippen molar-refractivity contribution < 1.29 is 20.1 Å². The van der Waals surface area contributed by atoms with Gasteiger partial charge in [-0.25, -0.2) is 4.98 Å². The Kier molecular flexibility index (Phi) is 6.01. The summed E-state index contributed by atoms with van der Waals surface area (Å²) in [5.41, 5.74) is 1.25. The van der Waals surface area contributed by atoms with Crippen LogP contribution in [0.1, 0.15) is 44.8 Å². The lowest BCUT2D eigenvalue weighted by Gasteiger charge is -2.23. The Hall–Kier alpha value is -1.09. The number of fused-ring (bicyclic) bond motifs is 1. The van der Waals surface area contributed by atoms with Crippen LogP contribution in [0.5, 0.6) is 0 Å². The summed E-state index contributed by atoms with van der Waals surface area (Å²) in [6.45, 7) is -0.390. The van der Waals surface area contributed by atoms with E-state index in [1.807, 2.05) is 0 Å². The van der Waals surface area contributed by atoms with Crippen molar-refractivity contribution in [3.8, 4) is 0 Å². The molecule has 1 saturated heterocycles. The summed E-state index contributed by atoms with van der Waals surface area (Å²) in [6, 6.07) is 3.62. The summed E-state index contributed by atoms with van der Waals surface area (Å²) in [7, 11) is 0. The molecule has 2 fully saturated rings. The molecule has 2 aromatic rings. The van der Waals surface area contributed by atoms with E-state index in [1.54, 1.807) is 16.7 Å². The van der Waals surface area contributed by atoms with E-state index in [2.05, 4.69) is 10.3 Å². The highest BCUT2D eigenvalue weighted by Gasteiger charge is 2.44. The molecule has 0 radical (unpaired) electrons. The fourth-order valence-corrected chi connectivity index (χ4v) is 4.47. The van der Waals surface area contributed by atoms with Gasteiger partial charge in [-0.15, -0.1) is 0 Å². The lowest BCUT2D eigenvalue weighted by Crippen LogP contribution is -2.33. The van der Waals surface area contributed by atoms with E-state index in [1.165, 1.54) is 12.8 Å². The zero-order valence-corrected chi connectivity index (χ0v) is 16.9. The molecule has 0 unspecified atom stereocenters. The Morgan fingerprint density at radius 3 is 2.39 bits per heavy atom. The van der Waals surface area contributed by atoms with E-state index in [9.17, 15) is 15.3 Å². The number of benzene rings is 1. The molecule has 1 aromatic heterocycles. The standard InChI is InChI=1S/C19H25Cl2N3O4/c20-11-7-13-14(8-12(11)21)24(18-17(27)16(26)15(9-25)28-18)19(23-13)22-10-5-3-1-2-4-6-10/h7-8,10,15-18,25-27H,1-6,9H2,(H,22,23)/t15-,16-,17+,18+/m0/s1. The number of aromatic nitrogens is 2. The molecule has 28 heavy (non-hydrogen) atoms. The maximum Gasteiger partial charge on any atom is 0.206 e. The minimum Gasteiger partial charge on any atom is -0.394 e. The molecule has 4 N–H and O–H groups in total. The highest BCUT2D eigenvalue weighted by atomic mass is 35.5. The quantitative estimate of drug-likeness (QED) is 0.557. The van der Waals surface area contributed by atoms with E-state index in [4.69, 9.17) is 27.9 Å². The fraction of sp³-hybridized carbons (Fsp3) is 0.632. The maximum atomic E-state index is 10.6. The largest absolute Gasteiger partial charge is 0.394 e. The topological polar surface area (TPSA) is 99.8 Å². The molecule has 1 aliphatic carbocycles. The molecule has 0 bridgehead atoms. The Morgan fingerprint density at radius 1 is 1.07 bits per heavy atom. The first-order valence-corrected chi connectivity index (χ1v) is 10.5. The number of aliphatic hydroxyl groups excluding tert-OH is 3. The van der Waals surface area contributed by atoms with Crippen molar-refractivity contribution in [2.75, 3.05) is 11.9 Å². The Morgan fingerprint density at radius 2 is 1.75 bits per heavy atom. The van der Waals surface area contributed by atoms with Crippen molar-refractivity contribution in [3.63, 3.8) is 0 Å². The number of ether oxygens (including phenoxy) is 1. The van der Waals surface area contributed by atoms with Crippen molar-refractivity contribution in [2.24, 2.45) is 0 Å². The van der Waals surface area contributed by atoms with Crippen LogP contribution in [0.25, 0.3) is 11.0 Å². The van der Waals surface area contributed by atoms with Crippen molar-refractivity contribution in [1.82, 2.24) is 9.55 Å². The molecule has 1 aromatic carbocycles. The number of anilines is 1. The van der Waals surface area contributed by atoms with Crippen LogP contribution in [0.15, 0.2) is 12.1 Å². The number of rotatable bonds is 4. The number of halogens is 2. The van der Waals surface area contributed by atoms with E-state index in [-0.39, 0.29) is 12.6 Å². The number of nitrogens with zero attached hydrogens (tertiary/aromatic N) is 2. The van der Waals surface area contributed by atoms with Gasteiger partial charge in [0, 0.05) is 6.04 Å². The first kappa shape index (κ1) is 20.2. The highest BCUT2D eigenvalue weighted by Crippen LogP contribution is 2.38. The van der Waals surface area contributed by atoms with Gasteiger partial charge < -0.3 is 25.4 Å². The Labute approximate surface area is 173 Å². The maximum absolute atomic E-state index is 10.6. The number of hydrogen-bond acceptors (Lipinski definition) is 6. The summed E-state index contributed by atoms with van der Waals surface area (Å²) >= 11 is 12.4. The fourth-order valence-electron chi connectivity index (χ4n) is 4.15. The predicted molar refractivity (Wildman–Crippen MR) is 108 cm³/mol. The highest BCUT2D eigenvalue weighted by molar-refractivity contribution is 6.42. The van der Waals surface area contributed by atoms with Crippen LogP contribution in [0.3, 0.4) is 0 Å². The van der Waals surface area contributed by atoms with Crippen LogP contribution in [0.4, 0.5) is 5.95 Å². The molecule has 1 aliphatic heterocycles. The van der Waals surface area contributed by atoms with Crippen LogP contribution in [-0.2, 0) is 4.74 Å². The third-order valence-corrected chi connectivity index (χ3v) is 6.41. The number of hydrogen-bond donors (Lipinski definition) is 4. The van der Waals surface area contributed by atoms with E-state index in [0.717, 1.165) is 25.7 Å². The van der Waals surface area contributed by atoms with Crippen LogP contribution in [-0.4, -0.2) is 55.8 Å². The van der Waals surface area contributed by atoms with E-state index >= 15 is 0 Å². The first-order valence-electron chi connectivity index (χ1n) is 9.75. The van der Waals surface area contributed by atoms with Crippen molar-refractivity contribution in [2.45, 2.75) is 69.1 Å². The molecule has 2 aliphatic rings. The van der Waals surface area contributed by atoms with Gasteiger partial charge >= 0.3 is 0 Å². The molecule has 2 heterocycles. The SMILES string of the molecule is OC[C@@H]1O[C@@H](n2c(NC3CCCCCC3)nc3cc(Cl)c(Cl)cc32)[C@H](O)[C@H]1O. The third kappa shape index (κ3) is 3.72. The van der Waals surface area contributed by atoms with Gasteiger partial charge in [-0.05, 0) is 25.0 Å². The predicted octanol–water partition coefficient (Wildman–Crippen LogP) is 3.09. The molecule has 9 heteroatoms. The van der Waals surface area contributed by atoms with Crippen molar-refractivity contribution in [3.05, 3.63) is 22.2 Å². The van der Waals surface area contributed by atoms with Gasteiger partial charge in [0.15, 0.2) is 6.23 Å². The monoisotopic (exact) mass is 429 g/mol. The Bertz CT molecular complexity index is 838. The van der Waals surface area contributed by atoms with Gasteiger partial charge in [-0.1, -0.05) is 48.9 Å². The van der Waals surface area contributed by atoms with Crippen LogP contribution in [0, 0.1) is 0 Å². The van der Waals surface area contributed by atoms with E-state index < -0.39 is 24.5 Å². The second-order valence-electron chi connectivity index (χ2n) is 7.62. The summed E-state index contributed by atoms with van der Waals surface area (Å²) in [4.78, 5) is 4.67. The number of imidazole rings is 1. The molecular formula is C19H25Cl2N3O4. The Balaban J connectivity index is 1.76. The second-order valence-corrected chi connectivity index (χ2v) is 8.44. The average Bonchev–Trinajstić information content (AvgIpc) is 3.00. The zero-order chi connectivity index (χ0) is 19.8. The summed E-state index contributed by atoms with van der Waals surface area (Å²) in [5.74, 6) is 0.537. The molecule has 0 amide bonds. The van der Waals surface area contributed by atoms with Gasteiger partial charge in [0.1, 0.15) is 18.3 Å².